The van der Waals surface area contributed by atoms with Gasteiger partial charge in [0.1, 0.15) is 0 Å². The lowest BCUT2D eigenvalue weighted by atomic mass is 10.0. The molecule has 1 atom stereocenters. The molecule has 1 saturated heterocycles. The molecular weight excluding hydrogens is 432 g/mol. The Balaban J connectivity index is 1.42. The molecule has 0 aliphatic carbocycles. The molecule has 2 aromatic rings. The molecule has 1 N–H and O–H groups in total. The standard InChI is InChI=1S/C22H30N4O3S2/c1-3-11-25-13-10-19-20(15-25)30-22(23-19)24-21(27)17-6-8-18(9-7-17)31(28,29)26-12-4-5-16(2)14-26/h6-9,16H,3-5,10-15H2,1-2H3,(H,23,24,27)/t16-/m1/s1. The molecule has 1 aromatic heterocycles. The van der Waals surface area contributed by atoms with Gasteiger partial charge in [-0.15, -0.1) is 11.3 Å². The molecule has 9 heteroatoms. The number of benzene rings is 1. The minimum atomic E-state index is -3.52. The van der Waals surface area contributed by atoms with E-state index in [1.807, 2.05) is 0 Å². The van der Waals surface area contributed by atoms with Crippen LogP contribution in [0, 0.1) is 5.92 Å². The van der Waals surface area contributed by atoms with E-state index in [1.54, 1.807) is 16.4 Å². The van der Waals surface area contributed by atoms with E-state index in [1.165, 1.54) is 28.3 Å². The predicted molar refractivity (Wildman–Crippen MR) is 123 cm³/mol. The Morgan fingerprint density at radius 2 is 2.03 bits per heavy atom. The van der Waals surface area contributed by atoms with E-state index < -0.39 is 10.0 Å². The average Bonchev–Trinajstić information content (AvgIpc) is 3.15. The van der Waals surface area contributed by atoms with Crippen molar-refractivity contribution >= 4 is 32.4 Å². The summed E-state index contributed by atoms with van der Waals surface area (Å²) in [4.78, 5) is 21.1. The number of thiazole rings is 1. The lowest BCUT2D eigenvalue weighted by Gasteiger charge is -2.30. The number of sulfonamides is 1. The zero-order chi connectivity index (χ0) is 22.0. The Hall–Kier alpha value is -1.81. The van der Waals surface area contributed by atoms with Crippen molar-refractivity contribution in [1.82, 2.24) is 14.2 Å². The van der Waals surface area contributed by atoms with Crippen molar-refractivity contribution in [2.45, 2.75) is 51.0 Å². The zero-order valence-corrected chi connectivity index (χ0v) is 19.8. The monoisotopic (exact) mass is 462 g/mol. The van der Waals surface area contributed by atoms with Gasteiger partial charge in [-0.2, -0.15) is 4.31 Å². The molecule has 0 bridgehead atoms. The van der Waals surface area contributed by atoms with E-state index in [0.717, 1.165) is 51.0 Å². The van der Waals surface area contributed by atoms with Gasteiger partial charge in [-0.1, -0.05) is 13.8 Å². The fourth-order valence-corrected chi connectivity index (χ4v) is 6.91. The minimum absolute atomic E-state index is 0.235. The second kappa shape index (κ2) is 9.36. The van der Waals surface area contributed by atoms with Gasteiger partial charge in [0.15, 0.2) is 5.13 Å². The van der Waals surface area contributed by atoms with Crippen molar-refractivity contribution < 1.29 is 13.2 Å². The Kier molecular flexibility index (Phi) is 6.76. The third-order valence-corrected chi connectivity index (χ3v) is 8.82. The first-order valence-electron chi connectivity index (χ1n) is 11.0. The molecular formula is C22H30N4O3S2. The number of nitrogens with one attached hydrogen (secondary N) is 1. The first-order chi connectivity index (χ1) is 14.9. The molecule has 2 aliphatic rings. The first-order valence-corrected chi connectivity index (χ1v) is 13.2. The van der Waals surface area contributed by atoms with Crippen molar-refractivity contribution in [3.05, 3.63) is 40.4 Å². The maximum absolute atomic E-state index is 12.9. The van der Waals surface area contributed by atoms with Crippen LogP contribution in [0.2, 0.25) is 0 Å². The summed E-state index contributed by atoms with van der Waals surface area (Å²) in [5, 5.41) is 3.48. The molecule has 1 fully saturated rings. The summed E-state index contributed by atoms with van der Waals surface area (Å²) in [5.74, 6) is 0.0961. The normalized spacial score (nSPS) is 20.4. The predicted octanol–water partition coefficient (Wildman–Crippen LogP) is 3.58. The van der Waals surface area contributed by atoms with Crippen LogP contribution in [0.5, 0.6) is 0 Å². The molecule has 3 heterocycles. The Morgan fingerprint density at radius 1 is 1.26 bits per heavy atom. The van der Waals surface area contributed by atoms with Crippen LogP contribution in [0.1, 0.15) is 54.0 Å². The highest BCUT2D eigenvalue weighted by atomic mass is 32.2. The highest BCUT2D eigenvalue weighted by Gasteiger charge is 2.28. The molecule has 31 heavy (non-hydrogen) atoms. The molecule has 168 valence electrons. The minimum Gasteiger partial charge on any atom is -0.298 e. The molecule has 0 saturated carbocycles. The van der Waals surface area contributed by atoms with Gasteiger partial charge < -0.3 is 0 Å². The van der Waals surface area contributed by atoms with Crippen molar-refractivity contribution in [3.63, 3.8) is 0 Å². The van der Waals surface area contributed by atoms with Crippen LogP contribution in [0.4, 0.5) is 5.13 Å². The number of aromatic nitrogens is 1. The number of carbonyl (C=O) groups excluding carboxylic acids is 1. The quantitative estimate of drug-likeness (QED) is 0.709. The largest absolute Gasteiger partial charge is 0.298 e. The van der Waals surface area contributed by atoms with E-state index >= 15 is 0 Å². The van der Waals surface area contributed by atoms with Crippen LogP contribution in [-0.4, -0.2) is 54.7 Å². The number of hydrogen-bond donors (Lipinski definition) is 1. The number of anilines is 1. The van der Waals surface area contributed by atoms with E-state index in [0.29, 0.717) is 29.7 Å². The lowest BCUT2D eigenvalue weighted by Crippen LogP contribution is -2.39. The van der Waals surface area contributed by atoms with Crippen LogP contribution in [0.3, 0.4) is 0 Å². The topological polar surface area (TPSA) is 82.6 Å². The Morgan fingerprint density at radius 3 is 2.74 bits per heavy atom. The fraction of sp³-hybridized carbons (Fsp3) is 0.545. The number of amides is 1. The van der Waals surface area contributed by atoms with Gasteiger partial charge in [0, 0.05) is 43.0 Å². The van der Waals surface area contributed by atoms with E-state index in [9.17, 15) is 13.2 Å². The Bertz CT molecular complexity index is 1030. The summed E-state index contributed by atoms with van der Waals surface area (Å²) in [6, 6.07) is 6.20. The van der Waals surface area contributed by atoms with E-state index in [-0.39, 0.29) is 10.8 Å². The van der Waals surface area contributed by atoms with Crippen LogP contribution >= 0.6 is 11.3 Å². The van der Waals surface area contributed by atoms with Gasteiger partial charge >= 0.3 is 0 Å². The fourth-order valence-electron chi connectivity index (χ4n) is 4.27. The van der Waals surface area contributed by atoms with Crippen molar-refractivity contribution in [3.8, 4) is 0 Å². The van der Waals surface area contributed by atoms with E-state index in [4.69, 9.17) is 0 Å². The zero-order valence-electron chi connectivity index (χ0n) is 18.1. The molecule has 0 radical (unpaired) electrons. The third kappa shape index (κ3) is 5.00. The summed E-state index contributed by atoms with van der Waals surface area (Å²) in [5.41, 5.74) is 1.50. The number of nitrogens with zero attached hydrogens (tertiary/aromatic N) is 3. The van der Waals surface area contributed by atoms with Crippen LogP contribution in [0.15, 0.2) is 29.2 Å². The number of fused-ring (bicyclic) bond motifs is 1. The highest BCUT2D eigenvalue weighted by molar-refractivity contribution is 7.89. The van der Waals surface area contributed by atoms with E-state index in [2.05, 4.69) is 29.0 Å². The summed E-state index contributed by atoms with van der Waals surface area (Å²) in [7, 11) is -3.52. The SMILES string of the molecule is CCCN1CCc2nc(NC(=O)c3ccc(S(=O)(=O)N4CCC[C@@H](C)C4)cc3)sc2C1. The van der Waals surface area contributed by atoms with Crippen LogP contribution < -0.4 is 5.32 Å². The molecule has 4 rings (SSSR count). The van der Waals surface area contributed by atoms with Crippen molar-refractivity contribution in [1.29, 1.82) is 0 Å². The third-order valence-electron chi connectivity index (χ3n) is 5.94. The second-order valence-corrected chi connectivity index (χ2v) is 11.5. The number of rotatable bonds is 6. The van der Waals surface area contributed by atoms with Crippen LogP contribution in [0.25, 0.3) is 0 Å². The number of hydrogen-bond acceptors (Lipinski definition) is 6. The van der Waals surface area contributed by atoms with Gasteiger partial charge in [-0.3, -0.25) is 15.0 Å². The maximum atomic E-state index is 12.9. The van der Waals surface area contributed by atoms with Crippen molar-refractivity contribution in [2.24, 2.45) is 5.92 Å². The lowest BCUT2D eigenvalue weighted by molar-refractivity contribution is 0.102. The molecule has 0 spiro atoms. The molecule has 7 nitrogen and oxygen atoms in total. The maximum Gasteiger partial charge on any atom is 0.257 e. The van der Waals surface area contributed by atoms with Gasteiger partial charge in [0.2, 0.25) is 10.0 Å². The number of carbonyl (C=O) groups is 1. The molecule has 1 amide bonds. The summed E-state index contributed by atoms with van der Waals surface area (Å²) < 4.78 is 27.4. The molecule has 0 unspecified atom stereocenters. The second-order valence-electron chi connectivity index (χ2n) is 8.50. The van der Waals surface area contributed by atoms with Gasteiger partial charge in [0.25, 0.3) is 5.91 Å². The Labute approximate surface area is 188 Å². The smallest absolute Gasteiger partial charge is 0.257 e. The highest BCUT2D eigenvalue weighted by Crippen LogP contribution is 2.29. The van der Waals surface area contributed by atoms with Gasteiger partial charge in [0.05, 0.1) is 10.6 Å². The number of piperidine rings is 1. The average molecular weight is 463 g/mol. The molecule has 1 aromatic carbocycles. The van der Waals surface area contributed by atoms with Gasteiger partial charge in [-0.05, 0) is 56.0 Å². The van der Waals surface area contributed by atoms with Crippen LogP contribution in [-0.2, 0) is 23.0 Å². The summed E-state index contributed by atoms with van der Waals surface area (Å²) >= 11 is 1.53. The van der Waals surface area contributed by atoms with Gasteiger partial charge in [-0.25, -0.2) is 13.4 Å². The first kappa shape index (κ1) is 22.4. The summed E-state index contributed by atoms with van der Waals surface area (Å²) in [6.07, 6.45) is 3.97. The summed E-state index contributed by atoms with van der Waals surface area (Å²) in [6.45, 7) is 8.32. The molecule has 2 aliphatic heterocycles. The van der Waals surface area contributed by atoms with Crippen molar-refractivity contribution in [2.75, 3.05) is 31.5 Å².